The lowest BCUT2D eigenvalue weighted by molar-refractivity contribution is -0.0282. The van der Waals surface area contributed by atoms with E-state index in [1.54, 1.807) is 7.11 Å². The van der Waals surface area contributed by atoms with E-state index in [0.29, 0.717) is 0 Å². The first-order valence-electron chi connectivity index (χ1n) is 5.66. The van der Waals surface area contributed by atoms with E-state index < -0.39 is 0 Å². The van der Waals surface area contributed by atoms with Gasteiger partial charge in [-0.25, -0.2) is 0 Å². The number of nitrogens with one attached hydrogen (secondary N) is 1. The van der Waals surface area contributed by atoms with E-state index in [1.807, 2.05) is 25.2 Å². The zero-order valence-electron chi connectivity index (χ0n) is 10.7. The quantitative estimate of drug-likeness (QED) is 0.879. The molecule has 17 heavy (non-hydrogen) atoms. The Bertz CT molecular complexity index is 359. The van der Waals surface area contributed by atoms with Crippen LogP contribution in [0.1, 0.15) is 31.9 Å². The summed E-state index contributed by atoms with van der Waals surface area (Å²) in [6.07, 6.45) is 0.896. The number of hydrogen-bond acceptors (Lipinski definition) is 2. The van der Waals surface area contributed by atoms with Crippen molar-refractivity contribution in [1.82, 2.24) is 5.32 Å². The van der Waals surface area contributed by atoms with Crippen LogP contribution < -0.4 is 5.32 Å². The predicted octanol–water partition coefficient (Wildman–Crippen LogP) is 4.18. The molecule has 2 unspecified atom stereocenters. The topological polar surface area (TPSA) is 21.3 Å². The summed E-state index contributed by atoms with van der Waals surface area (Å²) in [5.41, 5.74) is 0.755. The van der Waals surface area contributed by atoms with Crippen molar-refractivity contribution in [1.29, 1.82) is 0 Å². The van der Waals surface area contributed by atoms with Crippen LogP contribution in [-0.2, 0) is 4.74 Å². The third kappa shape index (κ3) is 3.02. The van der Waals surface area contributed by atoms with E-state index in [-0.39, 0.29) is 11.6 Å². The van der Waals surface area contributed by atoms with Crippen molar-refractivity contribution >= 4 is 27.5 Å². The van der Waals surface area contributed by atoms with Crippen LogP contribution in [0.3, 0.4) is 0 Å². The molecule has 1 aromatic carbocycles. The van der Waals surface area contributed by atoms with E-state index in [9.17, 15) is 0 Å². The maximum absolute atomic E-state index is 6.30. The van der Waals surface area contributed by atoms with Crippen molar-refractivity contribution in [3.05, 3.63) is 33.3 Å². The standard InChI is InChI=1S/C13H19BrClNO/c1-5-13(2,17-4)12(16-3)11-9(14)7-6-8-10(11)15/h6-8,12,16H,5H2,1-4H3. The van der Waals surface area contributed by atoms with Gasteiger partial charge in [0.1, 0.15) is 0 Å². The van der Waals surface area contributed by atoms with Crippen molar-refractivity contribution in [3.63, 3.8) is 0 Å². The van der Waals surface area contributed by atoms with Crippen LogP contribution in [0.5, 0.6) is 0 Å². The summed E-state index contributed by atoms with van der Waals surface area (Å²) in [7, 11) is 3.66. The average molecular weight is 321 g/mol. The highest BCUT2D eigenvalue weighted by atomic mass is 79.9. The molecular formula is C13H19BrClNO. The van der Waals surface area contributed by atoms with Crippen molar-refractivity contribution in [2.45, 2.75) is 31.9 Å². The number of methoxy groups -OCH3 is 1. The molecular weight excluding hydrogens is 302 g/mol. The molecule has 0 aromatic heterocycles. The zero-order chi connectivity index (χ0) is 13.1. The maximum Gasteiger partial charge on any atom is 0.0842 e. The van der Waals surface area contributed by atoms with Crippen molar-refractivity contribution in [2.75, 3.05) is 14.2 Å². The van der Waals surface area contributed by atoms with Crippen LogP contribution in [0.25, 0.3) is 0 Å². The number of likely N-dealkylation sites (N-methyl/N-ethyl adjacent to an activating group) is 1. The normalized spacial score (nSPS) is 16.6. The molecule has 0 saturated heterocycles. The van der Waals surface area contributed by atoms with Crippen molar-refractivity contribution in [3.8, 4) is 0 Å². The van der Waals surface area contributed by atoms with E-state index in [0.717, 1.165) is 21.5 Å². The van der Waals surface area contributed by atoms with E-state index >= 15 is 0 Å². The molecule has 0 bridgehead atoms. The van der Waals surface area contributed by atoms with Gasteiger partial charge < -0.3 is 10.1 Å². The van der Waals surface area contributed by atoms with Gasteiger partial charge in [0.2, 0.25) is 0 Å². The lowest BCUT2D eigenvalue weighted by Crippen LogP contribution is -2.41. The highest BCUT2D eigenvalue weighted by molar-refractivity contribution is 9.10. The Morgan fingerprint density at radius 3 is 2.59 bits per heavy atom. The van der Waals surface area contributed by atoms with Gasteiger partial charge in [0.25, 0.3) is 0 Å². The van der Waals surface area contributed by atoms with Gasteiger partial charge in [-0.15, -0.1) is 0 Å². The van der Waals surface area contributed by atoms with Crippen LogP contribution in [0.4, 0.5) is 0 Å². The minimum absolute atomic E-state index is 0.0422. The highest BCUT2D eigenvalue weighted by Crippen LogP contribution is 2.38. The number of rotatable bonds is 5. The predicted molar refractivity (Wildman–Crippen MR) is 76.7 cm³/mol. The van der Waals surface area contributed by atoms with Gasteiger partial charge in [-0.05, 0) is 32.5 Å². The van der Waals surface area contributed by atoms with Crippen molar-refractivity contribution < 1.29 is 4.74 Å². The van der Waals surface area contributed by atoms with Crippen LogP contribution in [0.15, 0.2) is 22.7 Å². The monoisotopic (exact) mass is 319 g/mol. The summed E-state index contributed by atoms with van der Waals surface area (Å²) in [4.78, 5) is 0. The average Bonchev–Trinajstić information content (AvgIpc) is 2.33. The van der Waals surface area contributed by atoms with Gasteiger partial charge in [-0.1, -0.05) is 40.5 Å². The van der Waals surface area contributed by atoms with Crippen molar-refractivity contribution in [2.24, 2.45) is 0 Å². The second-order valence-electron chi connectivity index (χ2n) is 4.23. The summed E-state index contributed by atoms with van der Waals surface area (Å²) in [6, 6.07) is 5.87. The zero-order valence-corrected chi connectivity index (χ0v) is 13.0. The Hall–Kier alpha value is -0.0900. The van der Waals surface area contributed by atoms with Gasteiger partial charge in [0.05, 0.1) is 11.6 Å². The fourth-order valence-electron chi connectivity index (χ4n) is 2.01. The third-order valence-corrected chi connectivity index (χ3v) is 4.38. The number of ether oxygens (including phenoxy) is 1. The molecule has 0 amide bonds. The van der Waals surface area contributed by atoms with Gasteiger partial charge in [-0.3, -0.25) is 0 Å². The van der Waals surface area contributed by atoms with Gasteiger partial charge in [0, 0.05) is 22.2 Å². The fourth-order valence-corrected chi connectivity index (χ4v) is 3.00. The minimum atomic E-state index is -0.289. The Morgan fingerprint density at radius 1 is 1.53 bits per heavy atom. The molecule has 0 aliphatic rings. The molecule has 0 aliphatic carbocycles. The number of hydrogen-bond donors (Lipinski definition) is 1. The summed E-state index contributed by atoms with van der Waals surface area (Å²) in [5.74, 6) is 0. The molecule has 0 fully saturated rings. The summed E-state index contributed by atoms with van der Waals surface area (Å²) in [5, 5.41) is 4.05. The minimum Gasteiger partial charge on any atom is -0.377 e. The molecule has 2 nitrogen and oxygen atoms in total. The summed E-state index contributed by atoms with van der Waals surface area (Å²) < 4.78 is 6.66. The lowest BCUT2D eigenvalue weighted by Gasteiger charge is -2.36. The second-order valence-corrected chi connectivity index (χ2v) is 5.49. The molecule has 1 N–H and O–H groups in total. The first kappa shape index (κ1) is 15.0. The molecule has 0 spiro atoms. The second kappa shape index (κ2) is 6.19. The smallest absolute Gasteiger partial charge is 0.0842 e. The van der Waals surface area contributed by atoms with Gasteiger partial charge in [-0.2, -0.15) is 0 Å². The van der Waals surface area contributed by atoms with Crippen LogP contribution in [0, 0.1) is 0 Å². The molecule has 2 atom stereocenters. The molecule has 0 aliphatic heterocycles. The Morgan fingerprint density at radius 2 is 2.18 bits per heavy atom. The molecule has 0 saturated carbocycles. The van der Waals surface area contributed by atoms with Gasteiger partial charge >= 0.3 is 0 Å². The molecule has 0 radical (unpaired) electrons. The lowest BCUT2D eigenvalue weighted by atomic mass is 9.87. The Kier molecular flexibility index (Phi) is 5.45. The SMILES string of the molecule is CCC(C)(OC)C(NC)c1c(Cl)cccc1Br. The van der Waals surface area contributed by atoms with Crippen LogP contribution in [-0.4, -0.2) is 19.8 Å². The number of halogens is 2. The Balaban J connectivity index is 3.27. The fraction of sp³-hybridized carbons (Fsp3) is 0.538. The molecule has 1 rings (SSSR count). The molecule has 4 heteroatoms. The first-order chi connectivity index (χ1) is 8.00. The van der Waals surface area contributed by atoms with E-state index in [4.69, 9.17) is 16.3 Å². The summed E-state index contributed by atoms with van der Waals surface area (Å²) in [6.45, 7) is 4.20. The largest absolute Gasteiger partial charge is 0.377 e. The first-order valence-corrected chi connectivity index (χ1v) is 6.83. The molecule has 0 heterocycles. The molecule has 1 aromatic rings. The van der Waals surface area contributed by atoms with Crippen LogP contribution in [0.2, 0.25) is 5.02 Å². The Labute approximate surface area is 117 Å². The highest BCUT2D eigenvalue weighted by Gasteiger charge is 2.35. The maximum atomic E-state index is 6.30. The molecule has 96 valence electrons. The van der Waals surface area contributed by atoms with E-state index in [2.05, 4.69) is 35.1 Å². The van der Waals surface area contributed by atoms with E-state index in [1.165, 1.54) is 0 Å². The van der Waals surface area contributed by atoms with Gasteiger partial charge in [0.15, 0.2) is 0 Å². The number of benzene rings is 1. The summed E-state index contributed by atoms with van der Waals surface area (Å²) >= 11 is 9.86. The third-order valence-electron chi connectivity index (χ3n) is 3.36. The van der Waals surface area contributed by atoms with Crippen LogP contribution >= 0.6 is 27.5 Å².